The Morgan fingerprint density at radius 1 is 1.26 bits per heavy atom. The van der Waals surface area contributed by atoms with Crippen molar-refractivity contribution < 1.29 is 19.5 Å². The third-order valence-electron chi connectivity index (χ3n) is 3.31. The fraction of sp³-hybridized carbons (Fsp3) is 0.357. The standard InChI is InChI=1S/C14H15NO4/c1-15-11-4-2-10(12(16)5-7-14(18)19)8-9(11)3-6-13(15)17/h2,4,8H,3,5-7H2,1H3,(H,18,19). The minimum absolute atomic E-state index is 0.00287. The molecule has 2 rings (SSSR count). The summed E-state index contributed by atoms with van der Waals surface area (Å²) in [6.45, 7) is 0. The second-order valence-corrected chi connectivity index (χ2v) is 4.61. The van der Waals surface area contributed by atoms with E-state index in [0.29, 0.717) is 18.4 Å². The summed E-state index contributed by atoms with van der Waals surface area (Å²) in [7, 11) is 1.71. The largest absolute Gasteiger partial charge is 0.481 e. The number of hydrogen-bond acceptors (Lipinski definition) is 3. The van der Waals surface area contributed by atoms with Crippen molar-refractivity contribution in [2.24, 2.45) is 0 Å². The number of fused-ring (bicyclic) bond motifs is 1. The van der Waals surface area contributed by atoms with Crippen LogP contribution >= 0.6 is 0 Å². The van der Waals surface area contributed by atoms with Gasteiger partial charge in [0.2, 0.25) is 5.91 Å². The Hall–Kier alpha value is -2.17. The Labute approximate surface area is 110 Å². The van der Waals surface area contributed by atoms with Gasteiger partial charge in [0.1, 0.15) is 0 Å². The van der Waals surface area contributed by atoms with Crippen molar-refractivity contribution in [3.8, 4) is 0 Å². The Balaban J connectivity index is 2.20. The highest BCUT2D eigenvalue weighted by Gasteiger charge is 2.21. The van der Waals surface area contributed by atoms with Crippen LogP contribution in [-0.4, -0.2) is 29.8 Å². The number of aryl methyl sites for hydroxylation is 1. The van der Waals surface area contributed by atoms with Gasteiger partial charge in [0.25, 0.3) is 0 Å². The molecule has 1 aliphatic rings. The number of anilines is 1. The Morgan fingerprint density at radius 2 is 2.00 bits per heavy atom. The third-order valence-corrected chi connectivity index (χ3v) is 3.31. The number of benzene rings is 1. The zero-order chi connectivity index (χ0) is 14.0. The normalized spacial score (nSPS) is 14.2. The van der Waals surface area contributed by atoms with Crippen molar-refractivity contribution in [1.82, 2.24) is 0 Å². The molecule has 0 radical (unpaired) electrons. The zero-order valence-corrected chi connectivity index (χ0v) is 10.7. The summed E-state index contributed by atoms with van der Waals surface area (Å²) < 4.78 is 0. The smallest absolute Gasteiger partial charge is 0.303 e. The van der Waals surface area contributed by atoms with Gasteiger partial charge in [0, 0.05) is 31.1 Å². The van der Waals surface area contributed by atoms with Crippen LogP contribution in [0.2, 0.25) is 0 Å². The van der Waals surface area contributed by atoms with E-state index in [1.807, 2.05) is 0 Å². The summed E-state index contributed by atoms with van der Waals surface area (Å²) in [5.41, 5.74) is 2.30. The van der Waals surface area contributed by atoms with Crippen molar-refractivity contribution >= 4 is 23.3 Å². The fourth-order valence-electron chi connectivity index (χ4n) is 2.19. The van der Waals surface area contributed by atoms with Gasteiger partial charge < -0.3 is 10.0 Å². The molecule has 0 fully saturated rings. The molecule has 1 N–H and O–H groups in total. The summed E-state index contributed by atoms with van der Waals surface area (Å²) in [5.74, 6) is -1.08. The van der Waals surface area contributed by atoms with E-state index in [2.05, 4.69) is 0 Å². The molecule has 1 heterocycles. The second kappa shape index (κ2) is 5.22. The lowest BCUT2D eigenvalue weighted by Crippen LogP contribution is -2.31. The van der Waals surface area contributed by atoms with Crippen LogP contribution in [0.4, 0.5) is 5.69 Å². The van der Waals surface area contributed by atoms with Crippen LogP contribution in [0.15, 0.2) is 18.2 Å². The van der Waals surface area contributed by atoms with Gasteiger partial charge in [-0.2, -0.15) is 0 Å². The summed E-state index contributed by atoms with van der Waals surface area (Å²) in [5, 5.41) is 8.57. The van der Waals surface area contributed by atoms with Crippen molar-refractivity contribution in [3.05, 3.63) is 29.3 Å². The Kier molecular flexibility index (Phi) is 3.64. The molecule has 0 spiro atoms. The van der Waals surface area contributed by atoms with Crippen molar-refractivity contribution in [3.63, 3.8) is 0 Å². The molecule has 0 saturated heterocycles. The van der Waals surface area contributed by atoms with Gasteiger partial charge >= 0.3 is 5.97 Å². The molecule has 1 aliphatic heterocycles. The number of rotatable bonds is 4. The lowest BCUT2D eigenvalue weighted by molar-refractivity contribution is -0.137. The van der Waals surface area contributed by atoms with E-state index >= 15 is 0 Å². The average Bonchev–Trinajstić information content (AvgIpc) is 2.40. The van der Waals surface area contributed by atoms with E-state index in [1.54, 1.807) is 30.1 Å². The predicted octanol–water partition coefficient (Wildman–Crippen LogP) is 1.64. The van der Waals surface area contributed by atoms with Gasteiger partial charge in [-0.1, -0.05) is 0 Å². The van der Waals surface area contributed by atoms with E-state index in [9.17, 15) is 14.4 Å². The predicted molar refractivity (Wildman–Crippen MR) is 69.4 cm³/mol. The van der Waals surface area contributed by atoms with Gasteiger partial charge in [-0.05, 0) is 30.2 Å². The Bertz CT molecular complexity index is 550. The molecule has 0 atom stereocenters. The van der Waals surface area contributed by atoms with Crippen LogP contribution in [0.3, 0.4) is 0 Å². The molecule has 0 aliphatic carbocycles. The number of carbonyl (C=O) groups is 3. The first-order chi connectivity index (χ1) is 8.99. The number of amides is 1. The topological polar surface area (TPSA) is 74.7 Å². The first-order valence-corrected chi connectivity index (χ1v) is 6.13. The van der Waals surface area contributed by atoms with Crippen LogP contribution in [-0.2, 0) is 16.0 Å². The number of ketones is 1. The Morgan fingerprint density at radius 3 is 2.68 bits per heavy atom. The maximum absolute atomic E-state index is 11.8. The third kappa shape index (κ3) is 2.81. The van der Waals surface area contributed by atoms with Gasteiger partial charge in [0.05, 0.1) is 6.42 Å². The van der Waals surface area contributed by atoms with Crippen LogP contribution in [0, 0.1) is 0 Å². The van der Waals surface area contributed by atoms with Crippen LogP contribution in [0.1, 0.15) is 35.2 Å². The van der Waals surface area contributed by atoms with Gasteiger partial charge in [-0.3, -0.25) is 14.4 Å². The van der Waals surface area contributed by atoms with Crippen LogP contribution in [0.25, 0.3) is 0 Å². The van der Waals surface area contributed by atoms with Crippen LogP contribution in [0.5, 0.6) is 0 Å². The minimum Gasteiger partial charge on any atom is -0.481 e. The molecular formula is C14H15NO4. The van der Waals surface area contributed by atoms with E-state index < -0.39 is 5.97 Å². The van der Waals surface area contributed by atoms with Gasteiger partial charge in [-0.15, -0.1) is 0 Å². The van der Waals surface area contributed by atoms with Crippen molar-refractivity contribution in [1.29, 1.82) is 0 Å². The monoisotopic (exact) mass is 261 g/mol. The molecule has 1 amide bonds. The molecule has 0 bridgehead atoms. The average molecular weight is 261 g/mol. The SMILES string of the molecule is CN1C(=O)CCc2cc(C(=O)CCC(=O)O)ccc21. The lowest BCUT2D eigenvalue weighted by Gasteiger charge is -2.26. The molecule has 1 aromatic rings. The molecule has 0 saturated carbocycles. The molecule has 5 heteroatoms. The molecular weight excluding hydrogens is 246 g/mol. The summed E-state index contributed by atoms with van der Waals surface area (Å²) in [6.07, 6.45) is 0.909. The number of nitrogens with zero attached hydrogens (tertiary/aromatic N) is 1. The molecule has 0 unspecified atom stereocenters. The summed E-state index contributed by atoms with van der Waals surface area (Å²) >= 11 is 0. The number of carboxylic acid groups (broad SMARTS) is 1. The fourth-order valence-corrected chi connectivity index (χ4v) is 2.19. The second-order valence-electron chi connectivity index (χ2n) is 4.61. The number of carbonyl (C=O) groups excluding carboxylic acids is 2. The number of Topliss-reactive ketones (excluding diaryl/α,β-unsaturated/α-hetero) is 1. The van der Waals surface area contributed by atoms with E-state index in [1.165, 1.54) is 0 Å². The quantitative estimate of drug-likeness (QED) is 0.836. The summed E-state index contributed by atoms with van der Waals surface area (Å²) in [4.78, 5) is 35.4. The minimum atomic E-state index is -0.975. The number of hydrogen-bond donors (Lipinski definition) is 1. The van der Waals surface area contributed by atoms with E-state index in [-0.39, 0.29) is 24.5 Å². The van der Waals surface area contributed by atoms with Gasteiger partial charge in [-0.25, -0.2) is 0 Å². The summed E-state index contributed by atoms with van der Waals surface area (Å²) in [6, 6.07) is 5.17. The first-order valence-electron chi connectivity index (χ1n) is 6.13. The van der Waals surface area contributed by atoms with Crippen molar-refractivity contribution in [2.75, 3.05) is 11.9 Å². The van der Waals surface area contributed by atoms with Gasteiger partial charge in [0.15, 0.2) is 5.78 Å². The van der Waals surface area contributed by atoms with E-state index in [0.717, 1.165) is 11.3 Å². The molecule has 100 valence electrons. The molecule has 19 heavy (non-hydrogen) atoms. The highest BCUT2D eigenvalue weighted by Crippen LogP contribution is 2.27. The van der Waals surface area contributed by atoms with Crippen LogP contribution < -0.4 is 4.90 Å². The number of aliphatic carboxylic acids is 1. The zero-order valence-electron chi connectivity index (χ0n) is 10.7. The molecule has 0 aromatic heterocycles. The maximum Gasteiger partial charge on any atom is 0.303 e. The van der Waals surface area contributed by atoms with Crippen molar-refractivity contribution in [2.45, 2.75) is 25.7 Å². The number of carboxylic acids is 1. The lowest BCUT2D eigenvalue weighted by atomic mass is 9.96. The highest BCUT2D eigenvalue weighted by atomic mass is 16.4. The first kappa shape index (κ1) is 13.3. The molecule has 1 aromatic carbocycles. The molecule has 5 nitrogen and oxygen atoms in total. The maximum atomic E-state index is 11.8. The highest BCUT2D eigenvalue weighted by molar-refractivity contribution is 6.00. The van der Waals surface area contributed by atoms with E-state index in [4.69, 9.17) is 5.11 Å².